The minimum atomic E-state index is -0.667. The van der Waals surface area contributed by atoms with Gasteiger partial charge in [-0.15, -0.1) is 0 Å². The first-order valence-electron chi connectivity index (χ1n) is 11.9. The predicted octanol–water partition coefficient (Wildman–Crippen LogP) is 3.40. The fourth-order valence-electron chi connectivity index (χ4n) is 5.12. The monoisotopic (exact) mass is 441 g/mol. The number of likely N-dealkylation sites (tertiary alicyclic amines) is 1. The Balaban J connectivity index is 1.54. The SMILES string of the molecule is CC(C)(C)OC(=O)N1Cc2ccccc2CC1C(=O)N1CCCC1C(=O)NC1CCCC1. The van der Waals surface area contributed by atoms with Crippen LogP contribution in [0.4, 0.5) is 4.79 Å². The average Bonchev–Trinajstić information content (AvgIpc) is 3.43. The zero-order valence-electron chi connectivity index (χ0n) is 19.4. The molecule has 4 rings (SSSR count). The molecule has 3 amide bonds. The summed E-state index contributed by atoms with van der Waals surface area (Å²) < 4.78 is 5.64. The van der Waals surface area contributed by atoms with Gasteiger partial charge in [0.1, 0.15) is 17.7 Å². The Hall–Kier alpha value is -2.57. The Morgan fingerprint density at radius 1 is 0.938 bits per heavy atom. The van der Waals surface area contributed by atoms with E-state index in [-0.39, 0.29) is 17.9 Å². The number of benzene rings is 1. The summed E-state index contributed by atoms with van der Waals surface area (Å²) in [6.45, 7) is 6.34. The number of carbonyl (C=O) groups is 3. The maximum atomic E-state index is 13.7. The van der Waals surface area contributed by atoms with Crippen molar-refractivity contribution in [2.24, 2.45) is 0 Å². The van der Waals surface area contributed by atoms with E-state index in [9.17, 15) is 14.4 Å². The van der Waals surface area contributed by atoms with Crippen LogP contribution in [0.15, 0.2) is 24.3 Å². The van der Waals surface area contributed by atoms with Crippen LogP contribution in [0, 0.1) is 0 Å². The summed E-state index contributed by atoms with van der Waals surface area (Å²) in [5.41, 5.74) is 1.44. The number of nitrogens with one attached hydrogen (secondary N) is 1. The summed E-state index contributed by atoms with van der Waals surface area (Å²) in [5, 5.41) is 3.15. The molecule has 7 heteroatoms. The van der Waals surface area contributed by atoms with E-state index in [1.165, 1.54) is 0 Å². The lowest BCUT2D eigenvalue weighted by molar-refractivity contribution is -0.143. The van der Waals surface area contributed by atoms with Gasteiger partial charge in [0.15, 0.2) is 0 Å². The molecule has 7 nitrogen and oxygen atoms in total. The molecule has 2 unspecified atom stereocenters. The van der Waals surface area contributed by atoms with E-state index in [1.807, 2.05) is 45.0 Å². The number of nitrogens with zero attached hydrogens (tertiary/aromatic N) is 2. The first kappa shape index (κ1) is 22.6. The number of ether oxygens (including phenoxy) is 1. The molecule has 2 heterocycles. The van der Waals surface area contributed by atoms with Gasteiger partial charge in [-0.2, -0.15) is 0 Å². The highest BCUT2D eigenvalue weighted by atomic mass is 16.6. The van der Waals surface area contributed by atoms with Crippen molar-refractivity contribution >= 4 is 17.9 Å². The van der Waals surface area contributed by atoms with Crippen molar-refractivity contribution in [3.63, 3.8) is 0 Å². The molecule has 0 radical (unpaired) electrons. The number of hydrogen-bond acceptors (Lipinski definition) is 4. The van der Waals surface area contributed by atoms with Gasteiger partial charge in [-0.1, -0.05) is 37.1 Å². The van der Waals surface area contributed by atoms with Gasteiger partial charge in [0.2, 0.25) is 11.8 Å². The molecule has 174 valence electrons. The van der Waals surface area contributed by atoms with Crippen LogP contribution in [0.2, 0.25) is 0 Å². The van der Waals surface area contributed by atoms with Gasteiger partial charge in [0, 0.05) is 19.0 Å². The Bertz CT molecular complexity index is 872. The van der Waals surface area contributed by atoms with Gasteiger partial charge in [0.05, 0.1) is 6.54 Å². The molecule has 1 aliphatic carbocycles. The summed E-state index contributed by atoms with van der Waals surface area (Å²) in [6, 6.07) is 6.99. The van der Waals surface area contributed by atoms with Gasteiger partial charge in [-0.05, 0) is 57.6 Å². The van der Waals surface area contributed by atoms with E-state index in [2.05, 4.69) is 5.32 Å². The average molecular weight is 442 g/mol. The fraction of sp³-hybridized carbons (Fsp3) is 0.640. The van der Waals surface area contributed by atoms with Gasteiger partial charge >= 0.3 is 6.09 Å². The van der Waals surface area contributed by atoms with Gasteiger partial charge in [-0.3, -0.25) is 14.5 Å². The number of fused-ring (bicyclic) bond motifs is 1. The first-order valence-corrected chi connectivity index (χ1v) is 11.9. The second-order valence-corrected chi connectivity index (χ2v) is 10.3. The zero-order chi connectivity index (χ0) is 22.9. The number of amides is 3. The lowest BCUT2D eigenvalue weighted by Gasteiger charge is -2.39. The predicted molar refractivity (Wildman–Crippen MR) is 121 cm³/mol. The van der Waals surface area contributed by atoms with Crippen LogP contribution < -0.4 is 5.32 Å². The molecule has 0 bridgehead atoms. The minimum absolute atomic E-state index is 0.0530. The maximum absolute atomic E-state index is 13.7. The quantitative estimate of drug-likeness (QED) is 0.780. The molecule has 1 aromatic rings. The zero-order valence-corrected chi connectivity index (χ0v) is 19.4. The molecule has 0 aromatic heterocycles. The van der Waals surface area contributed by atoms with Crippen molar-refractivity contribution in [1.82, 2.24) is 15.1 Å². The highest BCUT2D eigenvalue weighted by Gasteiger charge is 2.43. The van der Waals surface area contributed by atoms with E-state index < -0.39 is 23.8 Å². The standard InChI is InChI=1S/C25H35N3O4/c1-25(2,3)32-24(31)28-16-18-10-5-4-9-17(18)15-21(28)23(30)27-14-8-13-20(27)22(29)26-19-11-6-7-12-19/h4-5,9-10,19-21H,6-8,11-16H2,1-3H3,(H,26,29). The van der Waals surface area contributed by atoms with Crippen LogP contribution in [0.5, 0.6) is 0 Å². The summed E-state index contributed by atoms with van der Waals surface area (Å²) in [6.07, 6.45) is 5.72. The van der Waals surface area contributed by atoms with Crippen LogP contribution in [-0.4, -0.2) is 58.0 Å². The molecule has 1 saturated heterocycles. The topological polar surface area (TPSA) is 79.0 Å². The van der Waals surface area contributed by atoms with E-state index >= 15 is 0 Å². The van der Waals surface area contributed by atoms with Crippen LogP contribution in [0.25, 0.3) is 0 Å². The smallest absolute Gasteiger partial charge is 0.411 e. The van der Waals surface area contributed by atoms with Crippen LogP contribution in [0.1, 0.15) is 70.4 Å². The summed E-state index contributed by atoms with van der Waals surface area (Å²) >= 11 is 0. The molecule has 1 aromatic carbocycles. The largest absolute Gasteiger partial charge is 0.444 e. The lowest BCUT2D eigenvalue weighted by Crippen LogP contribution is -2.57. The van der Waals surface area contributed by atoms with Gasteiger partial charge < -0.3 is 15.0 Å². The third-order valence-electron chi connectivity index (χ3n) is 6.70. The lowest BCUT2D eigenvalue weighted by atomic mass is 9.93. The minimum Gasteiger partial charge on any atom is -0.444 e. The van der Waals surface area contributed by atoms with E-state index in [1.54, 1.807) is 9.80 Å². The third kappa shape index (κ3) is 4.92. The van der Waals surface area contributed by atoms with Crippen molar-refractivity contribution in [1.29, 1.82) is 0 Å². The maximum Gasteiger partial charge on any atom is 0.411 e. The van der Waals surface area contributed by atoms with Crippen LogP contribution in [0.3, 0.4) is 0 Å². The molecule has 1 saturated carbocycles. The summed E-state index contributed by atoms with van der Waals surface area (Å²) in [5.74, 6) is -0.211. The second-order valence-electron chi connectivity index (χ2n) is 10.3. The number of hydrogen-bond donors (Lipinski definition) is 1. The van der Waals surface area contributed by atoms with E-state index in [0.717, 1.165) is 43.2 Å². The van der Waals surface area contributed by atoms with E-state index in [0.29, 0.717) is 25.9 Å². The first-order chi connectivity index (χ1) is 15.2. The summed E-state index contributed by atoms with van der Waals surface area (Å²) in [7, 11) is 0. The van der Waals surface area contributed by atoms with Crippen molar-refractivity contribution in [3.05, 3.63) is 35.4 Å². The number of carbonyl (C=O) groups excluding carboxylic acids is 3. The highest BCUT2D eigenvalue weighted by molar-refractivity contribution is 5.92. The Kier molecular flexibility index (Phi) is 6.45. The molecule has 32 heavy (non-hydrogen) atoms. The molecule has 0 spiro atoms. The normalized spacial score (nSPS) is 23.7. The molecule has 2 fully saturated rings. The van der Waals surface area contributed by atoms with Gasteiger partial charge in [0.25, 0.3) is 0 Å². The molecular weight excluding hydrogens is 406 g/mol. The Morgan fingerprint density at radius 2 is 1.62 bits per heavy atom. The Labute approximate surface area is 190 Å². The third-order valence-corrected chi connectivity index (χ3v) is 6.70. The van der Waals surface area contributed by atoms with Crippen LogP contribution in [-0.2, 0) is 27.3 Å². The van der Waals surface area contributed by atoms with Crippen LogP contribution >= 0.6 is 0 Å². The molecular formula is C25H35N3O4. The molecule has 3 aliphatic rings. The van der Waals surface area contributed by atoms with Gasteiger partial charge in [-0.25, -0.2) is 4.79 Å². The highest BCUT2D eigenvalue weighted by Crippen LogP contribution is 2.29. The molecule has 2 aliphatic heterocycles. The number of rotatable bonds is 3. The van der Waals surface area contributed by atoms with Crippen molar-refractivity contribution in [2.45, 2.75) is 96.0 Å². The summed E-state index contributed by atoms with van der Waals surface area (Å²) in [4.78, 5) is 43.0. The molecule has 2 atom stereocenters. The van der Waals surface area contributed by atoms with Crippen molar-refractivity contribution in [2.75, 3.05) is 6.54 Å². The fourth-order valence-corrected chi connectivity index (χ4v) is 5.12. The Morgan fingerprint density at radius 3 is 2.31 bits per heavy atom. The molecule has 1 N–H and O–H groups in total. The van der Waals surface area contributed by atoms with Crippen molar-refractivity contribution < 1.29 is 19.1 Å². The second kappa shape index (κ2) is 9.12. The van der Waals surface area contributed by atoms with Crippen molar-refractivity contribution in [3.8, 4) is 0 Å². The van der Waals surface area contributed by atoms with E-state index in [4.69, 9.17) is 4.74 Å².